The number of anilines is 1. The molecule has 0 aliphatic heterocycles. The summed E-state index contributed by atoms with van der Waals surface area (Å²) < 4.78 is 0.615. The molecule has 0 spiro atoms. The number of amides is 1. The first-order valence-corrected chi connectivity index (χ1v) is 6.54. The summed E-state index contributed by atoms with van der Waals surface area (Å²) in [5.41, 5.74) is 7.17. The highest BCUT2D eigenvalue weighted by Crippen LogP contribution is 2.23. The van der Waals surface area contributed by atoms with Gasteiger partial charge in [0.1, 0.15) is 5.15 Å². The molecule has 0 radical (unpaired) electrons. The van der Waals surface area contributed by atoms with Crippen LogP contribution in [0.3, 0.4) is 0 Å². The second kappa shape index (κ2) is 6.10. The van der Waals surface area contributed by atoms with E-state index >= 15 is 0 Å². The number of nitrogens with zero attached hydrogens (tertiary/aromatic N) is 2. The maximum Gasteiger partial charge on any atom is 0.255 e. The Morgan fingerprint density at radius 2 is 2.21 bits per heavy atom. The first kappa shape index (κ1) is 13.9. The molecular weight excluding hydrogens is 332 g/mol. The Morgan fingerprint density at radius 3 is 2.89 bits per heavy atom. The van der Waals surface area contributed by atoms with Gasteiger partial charge in [-0.3, -0.25) is 9.78 Å². The molecule has 0 saturated heterocycles. The summed E-state index contributed by atoms with van der Waals surface area (Å²) in [4.78, 5) is 20.0. The topological polar surface area (TPSA) is 80.9 Å². The second-order valence-corrected chi connectivity index (χ2v) is 4.90. The third-order valence-corrected chi connectivity index (χ3v) is 3.48. The molecule has 0 aliphatic carbocycles. The minimum atomic E-state index is -0.256. The lowest BCUT2D eigenvalue weighted by Gasteiger charge is -2.06. The summed E-state index contributed by atoms with van der Waals surface area (Å²) in [7, 11) is 0. The van der Waals surface area contributed by atoms with E-state index in [1.165, 1.54) is 6.20 Å². The Labute approximate surface area is 123 Å². The van der Waals surface area contributed by atoms with Crippen molar-refractivity contribution in [1.82, 2.24) is 9.97 Å². The van der Waals surface area contributed by atoms with Gasteiger partial charge >= 0.3 is 0 Å². The predicted octanol–water partition coefficient (Wildman–Crippen LogP) is 2.60. The largest absolute Gasteiger partial charge is 0.325 e. The van der Waals surface area contributed by atoms with Crippen molar-refractivity contribution >= 4 is 39.1 Å². The zero-order chi connectivity index (χ0) is 13.8. The van der Waals surface area contributed by atoms with Gasteiger partial charge in [-0.25, -0.2) is 4.98 Å². The number of carbonyl (C=O) groups excluding carboxylic acids is 1. The fourth-order valence-corrected chi connectivity index (χ4v) is 1.88. The van der Waals surface area contributed by atoms with Crippen molar-refractivity contribution < 1.29 is 4.79 Å². The van der Waals surface area contributed by atoms with Gasteiger partial charge in [0.2, 0.25) is 0 Å². The first-order chi connectivity index (χ1) is 9.10. The van der Waals surface area contributed by atoms with Crippen LogP contribution >= 0.6 is 27.5 Å². The average Bonchev–Trinajstić information content (AvgIpc) is 2.43. The third-order valence-electron chi connectivity index (χ3n) is 2.34. The molecule has 1 amide bonds. The molecule has 2 aromatic heterocycles. The Bertz CT molecular complexity index is 620. The van der Waals surface area contributed by atoms with Crippen molar-refractivity contribution in [2.24, 2.45) is 5.73 Å². The van der Waals surface area contributed by atoms with E-state index in [1.54, 1.807) is 24.4 Å². The lowest BCUT2D eigenvalue weighted by molar-refractivity contribution is 0.102. The summed E-state index contributed by atoms with van der Waals surface area (Å²) in [6.45, 7) is 0.287. The molecule has 0 unspecified atom stereocenters. The van der Waals surface area contributed by atoms with Gasteiger partial charge < -0.3 is 11.1 Å². The first-order valence-electron chi connectivity index (χ1n) is 5.37. The highest BCUT2D eigenvalue weighted by molar-refractivity contribution is 9.10. The van der Waals surface area contributed by atoms with Crippen molar-refractivity contribution in [3.8, 4) is 0 Å². The molecule has 3 N–H and O–H groups in total. The van der Waals surface area contributed by atoms with Crippen molar-refractivity contribution in [3.63, 3.8) is 0 Å². The maximum absolute atomic E-state index is 12.0. The molecule has 0 fully saturated rings. The van der Waals surface area contributed by atoms with Gasteiger partial charge in [-0.15, -0.1) is 0 Å². The molecule has 19 heavy (non-hydrogen) atoms. The number of aromatic nitrogens is 2. The van der Waals surface area contributed by atoms with Gasteiger partial charge in [-0.05, 0) is 34.1 Å². The normalized spacial score (nSPS) is 10.3. The Balaban J connectivity index is 2.18. The van der Waals surface area contributed by atoms with E-state index in [1.807, 2.05) is 0 Å². The second-order valence-electron chi connectivity index (χ2n) is 3.69. The summed E-state index contributed by atoms with van der Waals surface area (Å²) in [5.74, 6) is -0.256. The third kappa shape index (κ3) is 3.50. The van der Waals surface area contributed by atoms with Crippen LogP contribution in [0.1, 0.15) is 16.1 Å². The fourth-order valence-electron chi connectivity index (χ4n) is 1.42. The van der Waals surface area contributed by atoms with Crippen LogP contribution in [0.4, 0.5) is 5.69 Å². The number of rotatable bonds is 3. The van der Waals surface area contributed by atoms with Crippen LogP contribution in [0, 0.1) is 0 Å². The number of carbonyl (C=O) groups is 1. The standard InChI is InChI=1S/C12H10BrClN4O/c13-10-4-9(6-17-11(10)14)18-12(19)7-1-2-16-8(3-7)5-15/h1-4,6H,5,15H2,(H,18,19). The number of nitrogens with two attached hydrogens (primary N) is 1. The highest BCUT2D eigenvalue weighted by Gasteiger charge is 2.08. The monoisotopic (exact) mass is 340 g/mol. The molecule has 2 rings (SSSR count). The summed E-state index contributed by atoms with van der Waals surface area (Å²) in [6, 6.07) is 4.94. The van der Waals surface area contributed by atoms with E-state index < -0.39 is 0 Å². The molecule has 2 aromatic rings. The fraction of sp³-hybridized carbons (Fsp3) is 0.0833. The van der Waals surface area contributed by atoms with E-state index in [9.17, 15) is 4.79 Å². The Morgan fingerprint density at radius 1 is 1.42 bits per heavy atom. The van der Waals surface area contributed by atoms with Crippen molar-refractivity contribution in [1.29, 1.82) is 0 Å². The minimum Gasteiger partial charge on any atom is -0.325 e. The van der Waals surface area contributed by atoms with Crippen LogP contribution in [-0.4, -0.2) is 15.9 Å². The molecule has 0 saturated carbocycles. The van der Waals surface area contributed by atoms with Gasteiger partial charge in [0.05, 0.1) is 22.1 Å². The summed E-state index contributed by atoms with van der Waals surface area (Å²) >= 11 is 9.02. The Kier molecular flexibility index (Phi) is 4.47. The number of hydrogen-bond acceptors (Lipinski definition) is 4. The lowest BCUT2D eigenvalue weighted by atomic mass is 10.2. The average molecular weight is 342 g/mol. The highest BCUT2D eigenvalue weighted by atomic mass is 79.9. The van der Waals surface area contributed by atoms with Crippen LogP contribution in [0.25, 0.3) is 0 Å². The SMILES string of the molecule is NCc1cc(C(=O)Nc2cnc(Cl)c(Br)c2)ccn1. The van der Waals surface area contributed by atoms with E-state index in [4.69, 9.17) is 17.3 Å². The molecule has 0 aromatic carbocycles. The number of halogens is 2. The molecule has 0 atom stereocenters. The van der Waals surface area contributed by atoms with Gasteiger partial charge in [-0.2, -0.15) is 0 Å². The number of nitrogens with one attached hydrogen (secondary N) is 1. The van der Waals surface area contributed by atoms with E-state index in [0.717, 1.165) is 0 Å². The van der Waals surface area contributed by atoms with Crippen LogP contribution in [0.5, 0.6) is 0 Å². The van der Waals surface area contributed by atoms with Gasteiger partial charge in [0.25, 0.3) is 5.91 Å². The predicted molar refractivity (Wildman–Crippen MR) is 77.0 cm³/mol. The Hall–Kier alpha value is -1.50. The van der Waals surface area contributed by atoms with E-state index in [2.05, 4.69) is 31.2 Å². The molecule has 98 valence electrons. The van der Waals surface area contributed by atoms with Crippen molar-refractivity contribution in [3.05, 3.63) is 51.5 Å². The summed E-state index contributed by atoms with van der Waals surface area (Å²) in [6.07, 6.45) is 3.03. The van der Waals surface area contributed by atoms with Crippen LogP contribution < -0.4 is 11.1 Å². The smallest absolute Gasteiger partial charge is 0.255 e. The van der Waals surface area contributed by atoms with Gasteiger partial charge in [0.15, 0.2) is 0 Å². The quantitative estimate of drug-likeness (QED) is 0.841. The van der Waals surface area contributed by atoms with Crippen molar-refractivity contribution in [2.75, 3.05) is 5.32 Å². The molecule has 0 aliphatic rings. The van der Waals surface area contributed by atoms with E-state index in [-0.39, 0.29) is 12.5 Å². The van der Waals surface area contributed by atoms with Crippen LogP contribution in [0.2, 0.25) is 5.15 Å². The zero-order valence-electron chi connectivity index (χ0n) is 9.73. The zero-order valence-corrected chi connectivity index (χ0v) is 12.1. The van der Waals surface area contributed by atoms with E-state index in [0.29, 0.717) is 26.6 Å². The number of pyridine rings is 2. The van der Waals surface area contributed by atoms with Crippen LogP contribution in [-0.2, 0) is 6.54 Å². The minimum absolute atomic E-state index is 0.256. The molecule has 2 heterocycles. The van der Waals surface area contributed by atoms with Gasteiger partial charge in [0, 0.05) is 18.3 Å². The molecule has 0 bridgehead atoms. The molecule has 5 nitrogen and oxygen atoms in total. The van der Waals surface area contributed by atoms with Gasteiger partial charge in [-0.1, -0.05) is 11.6 Å². The maximum atomic E-state index is 12.0. The summed E-state index contributed by atoms with van der Waals surface area (Å²) in [5, 5.41) is 3.06. The molecule has 7 heteroatoms. The van der Waals surface area contributed by atoms with Crippen LogP contribution in [0.15, 0.2) is 35.1 Å². The number of hydrogen-bond donors (Lipinski definition) is 2. The van der Waals surface area contributed by atoms with Crippen molar-refractivity contribution in [2.45, 2.75) is 6.54 Å². The molecular formula is C12H10BrClN4O. The lowest BCUT2D eigenvalue weighted by Crippen LogP contribution is -2.13.